The molecule has 1 amide bonds. The molecule has 2 heterocycles. The van der Waals surface area contributed by atoms with Gasteiger partial charge in [0.1, 0.15) is 5.92 Å². The van der Waals surface area contributed by atoms with Crippen molar-refractivity contribution in [2.24, 2.45) is 17.6 Å². The fourth-order valence-electron chi connectivity index (χ4n) is 3.43. The van der Waals surface area contributed by atoms with Crippen LogP contribution in [0, 0.1) is 23.2 Å². The molecule has 2 aliphatic rings. The van der Waals surface area contributed by atoms with Gasteiger partial charge in [0, 0.05) is 20.0 Å². The number of amides is 1. The Kier molecular flexibility index (Phi) is 9.43. The molecule has 2 aromatic carbocycles. The van der Waals surface area contributed by atoms with Gasteiger partial charge in [0.05, 0.1) is 24.2 Å². The second kappa shape index (κ2) is 12.3. The minimum atomic E-state index is -0.985. The van der Waals surface area contributed by atoms with E-state index in [2.05, 4.69) is 5.32 Å². The van der Waals surface area contributed by atoms with E-state index in [-0.39, 0.29) is 5.91 Å². The van der Waals surface area contributed by atoms with Crippen LogP contribution in [0.5, 0.6) is 0 Å². The minimum absolute atomic E-state index is 0.266. The summed E-state index contributed by atoms with van der Waals surface area (Å²) in [4.78, 5) is 23.5. The maximum Gasteiger partial charge on any atom is 0.310 e. The monoisotopic (exact) mass is 421 g/mol. The second-order valence-corrected chi connectivity index (χ2v) is 6.96. The van der Waals surface area contributed by atoms with Gasteiger partial charge in [-0.05, 0) is 11.1 Å². The van der Waals surface area contributed by atoms with E-state index in [1.807, 2.05) is 60.7 Å². The molecule has 2 bridgehead atoms. The maximum atomic E-state index is 12.2. The van der Waals surface area contributed by atoms with Gasteiger partial charge in [0.25, 0.3) is 0 Å². The predicted octanol–water partition coefficient (Wildman–Crippen LogP) is 2.63. The highest BCUT2D eigenvalue weighted by atomic mass is 16.5. The van der Waals surface area contributed by atoms with Crippen LogP contribution in [0.2, 0.25) is 0 Å². The van der Waals surface area contributed by atoms with Gasteiger partial charge in [0.15, 0.2) is 0 Å². The Bertz CT molecular complexity index is 909. The third-order valence-corrected chi connectivity index (χ3v) is 4.88. The highest BCUT2D eigenvalue weighted by Gasteiger charge is 2.53. The number of ether oxygens (including phenoxy) is 1. The van der Waals surface area contributed by atoms with Crippen molar-refractivity contribution in [3.05, 3.63) is 83.9 Å². The molecule has 2 aliphatic heterocycles. The number of carbonyl (C=O) groups is 2. The van der Waals surface area contributed by atoms with Gasteiger partial charge in [-0.2, -0.15) is 5.26 Å². The van der Waals surface area contributed by atoms with Crippen LogP contribution in [0.3, 0.4) is 0 Å². The van der Waals surface area contributed by atoms with E-state index >= 15 is 0 Å². The van der Waals surface area contributed by atoms with Crippen molar-refractivity contribution < 1.29 is 19.4 Å². The lowest BCUT2D eigenvalue weighted by atomic mass is 9.82. The molecule has 0 radical (unpaired) electrons. The molecule has 31 heavy (non-hydrogen) atoms. The summed E-state index contributed by atoms with van der Waals surface area (Å²) in [7, 11) is 0. The predicted molar refractivity (Wildman–Crippen MR) is 116 cm³/mol. The van der Waals surface area contributed by atoms with E-state index in [9.17, 15) is 14.7 Å². The van der Waals surface area contributed by atoms with E-state index < -0.39 is 30.0 Å². The van der Waals surface area contributed by atoms with Crippen LogP contribution in [0.1, 0.15) is 18.1 Å². The van der Waals surface area contributed by atoms with Gasteiger partial charge in [-0.3, -0.25) is 9.59 Å². The first-order valence-corrected chi connectivity index (χ1v) is 9.94. The number of carbonyl (C=O) groups excluding carboxylic acids is 1. The van der Waals surface area contributed by atoms with E-state index in [0.717, 1.165) is 5.56 Å². The lowest BCUT2D eigenvalue weighted by Crippen LogP contribution is -2.42. The topological polar surface area (TPSA) is 125 Å². The first-order chi connectivity index (χ1) is 15.0. The Morgan fingerprint density at radius 1 is 1.00 bits per heavy atom. The zero-order valence-corrected chi connectivity index (χ0v) is 17.3. The molecule has 0 saturated carbocycles. The number of nitrogens with zero attached hydrogens (tertiary/aromatic N) is 1. The molecule has 4 N–H and O–H groups in total. The molecule has 4 atom stereocenters. The summed E-state index contributed by atoms with van der Waals surface area (Å²) >= 11 is 0. The summed E-state index contributed by atoms with van der Waals surface area (Å²) in [5.41, 5.74) is 7.52. The summed E-state index contributed by atoms with van der Waals surface area (Å²) in [5.74, 6) is -2.69. The SMILES string of the molecule is CC#N.NCc1ccccc1.O=C(O)C1C2C=C[C@@H](O2)C1C(=O)NCc1ccccc1. The number of carboxylic acid groups (broad SMARTS) is 1. The highest BCUT2D eigenvalue weighted by molar-refractivity contribution is 5.87. The number of carboxylic acids is 1. The molecule has 0 aromatic heterocycles. The molecule has 1 fully saturated rings. The van der Waals surface area contributed by atoms with Crippen molar-refractivity contribution in [2.45, 2.75) is 32.2 Å². The molecule has 7 nitrogen and oxygen atoms in total. The van der Waals surface area contributed by atoms with Crippen molar-refractivity contribution in [3.63, 3.8) is 0 Å². The number of nitrogens with two attached hydrogens (primary N) is 1. The number of hydrogen-bond donors (Lipinski definition) is 3. The lowest BCUT2D eigenvalue weighted by Gasteiger charge is -2.20. The molecular formula is C24H27N3O4. The van der Waals surface area contributed by atoms with Crippen LogP contribution >= 0.6 is 0 Å². The summed E-state index contributed by atoms with van der Waals surface area (Å²) in [6.07, 6.45) is 2.60. The van der Waals surface area contributed by atoms with Crippen LogP contribution in [0.25, 0.3) is 0 Å². The number of nitrogens with one attached hydrogen (secondary N) is 1. The number of benzene rings is 2. The first-order valence-electron chi connectivity index (χ1n) is 9.94. The number of rotatable bonds is 5. The normalized spacial score (nSPS) is 22.2. The molecule has 1 saturated heterocycles. The lowest BCUT2D eigenvalue weighted by molar-refractivity contribution is -0.146. The van der Waals surface area contributed by atoms with Gasteiger partial charge in [-0.1, -0.05) is 72.8 Å². The number of nitriles is 1. The van der Waals surface area contributed by atoms with Gasteiger partial charge in [0.2, 0.25) is 5.91 Å². The standard InChI is InChI=1S/C15H15NO4.C7H9N.C2H3N/c17-14(16-8-9-4-2-1-3-5-9)12-10-6-7-11(20-10)13(12)15(18)19;8-6-7-4-2-1-3-5-7;1-2-3/h1-7,10-13H,8H2,(H,16,17)(H,18,19);1-5H,6,8H2;1H3/t10-,11?,12?,13?;;/m1../s1. The van der Waals surface area contributed by atoms with E-state index in [4.69, 9.17) is 15.7 Å². The molecule has 0 spiro atoms. The molecule has 3 unspecified atom stereocenters. The summed E-state index contributed by atoms with van der Waals surface area (Å²) in [6.45, 7) is 2.46. The quantitative estimate of drug-likeness (QED) is 0.637. The van der Waals surface area contributed by atoms with Crippen molar-refractivity contribution in [3.8, 4) is 6.07 Å². The van der Waals surface area contributed by atoms with Crippen molar-refractivity contribution in [1.82, 2.24) is 5.32 Å². The molecule has 162 valence electrons. The largest absolute Gasteiger partial charge is 0.481 e. The fourth-order valence-corrected chi connectivity index (χ4v) is 3.43. The van der Waals surface area contributed by atoms with Crippen molar-refractivity contribution >= 4 is 11.9 Å². The Balaban J connectivity index is 0.000000258. The average molecular weight is 421 g/mol. The molecule has 2 aromatic rings. The Morgan fingerprint density at radius 2 is 1.48 bits per heavy atom. The van der Waals surface area contributed by atoms with Crippen LogP contribution in [0.4, 0.5) is 0 Å². The third-order valence-electron chi connectivity index (χ3n) is 4.88. The molecule has 4 rings (SSSR count). The van der Waals surface area contributed by atoms with Gasteiger partial charge >= 0.3 is 5.97 Å². The van der Waals surface area contributed by atoms with Gasteiger partial charge in [-0.15, -0.1) is 0 Å². The van der Waals surface area contributed by atoms with Crippen molar-refractivity contribution in [1.29, 1.82) is 5.26 Å². The van der Waals surface area contributed by atoms with E-state index in [1.54, 1.807) is 18.2 Å². The molecular weight excluding hydrogens is 394 g/mol. The number of aliphatic carboxylic acids is 1. The zero-order valence-electron chi connectivity index (χ0n) is 17.3. The number of fused-ring (bicyclic) bond motifs is 2. The zero-order chi connectivity index (χ0) is 22.6. The summed E-state index contributed by atoms with van der Waals surface area (Å²) < 4.78 is 5.48. The van der Waals surface area contributed by atoms with Crippen molar-refractivity contribution in [2.75, 3.05) is 0 Å². The minimum Gasteiger partial charge on any atom is -0.481 e. The Morgan fingerprint density at radius 3 is 1.94 bits per heavy atom. The van der Waals surface area contributed by atoms with Crippen LogP contribution in [0.15, 0.2) is 72.8 Å². The van der Waals surface area contributed by atoms with Crippen LogP contribution in [-0.2, 0) is 27.4 Å². The van der Waals surface area contributed by atoms with E-state index in [0.29, 0.717) is 13.1 Å². The average Bonchev–Trinajstić information content (AvgIpc) is 3.42. The van der Waals surface area contributed by atoms with Gasteiger partial charge < -0.3 is 20.9 Å². The van der Waals surface area contributed by atoms with Gasteiger partial charge in [-0.25, -0.2) is 0 Å². The summed E-state index contributed by atoms with van der Waals surface area (Å²) in [6, 6.07) is 21.2. The maximum absolute atomic E-state index is 12.2. The van der Waals surface area contributed by atoms with Crippen LogP contribution in [-0.4, -0.2) is 29.2 Å². The molecule has 0 aliphatic carbocycles. The smallest absolute Gasteiger partial charge is 0.310 e. The Labute approximate surface area is 182 Å². The fraction of sp³-hybridized carbons (Fsp3) is 0.292. The molecule has 7 heteroatoms. The summed E-state index contributed by atoms with van der Waals surface area (Å²) in [5, 5.41) is 19.4. The third kappa shape index (κ3) is 6.78. The number of hydrogen-bond acceptors (Lipinski definition) is 5. The highest BCUT2D eigenvalue weighted by Crippen LogP contribution is 2.39. The Hall–Kier alpha value is -3.47. The van der Waals surface area contributed by atoms with E-state index in [1.165, 1.54) is 12.5 Å². The first kappa shape index (κ1) is 23.8. The van der Waals surface area contributed by atoms with Crippen LogP contribution < -0.4 is 11.1 Å². The second-order valence-electron chi connectivity index (χ2n) is 6.96.